The van der Waals surface area contributed by atoms with E-state index in [1.165, 1.54) is 13.2 Å². The van der Waals surface area contributed by atoms with Crippen LogP contribution in [0.2, 0.25) is 0 Å². The van der Waals surface area contributed by atoms with Gasteiger partial charge in [-0.25, -0.2) is 9.59 Å². The van der Waals surface area contributed by atoms with E-state index < -0.39 is 24.3 Å². The fourth-order valence-corrected chi connectivity index (χ4v) is 3.27. The van der Waals surface area contributed by atoms with Crippen molar-refractivity contribution >= 4 is 29.3 Å². The van der Waals surface area contributed by atoms with Gasteiger partial charge in [0.25, 0.3) is 5.91 Å². The van der Waals surface area contributed by atoms with Crippen molar-refractivity contribution in [2.24, 2.45) is 0 Å². The van der Waals surface area contributed by atoms with Crippen LogP contribution in [-0.2, 0) is 9.47 Å². The number of aryl methyl sites for hydroxylation is 1. The molecule has 32 heavy (non-hydrogen) atoms. The van der Waals surface area contributed by atoms with Gasteiger partial charge in [0.15, 0.2) is 6.61 Å². The maximum Gasteiger partial charge on any atom is 0.340 e. The molecule has 1 heterocycles. The lowest BCUT2D eigenvalue weighted by Crippen LogP contribution is -2.18. The van der Waals surface area contributed by atoms with E-state index in [9.17, 15) is 19.2 Å². The summed E-state index contributed by atoms with van der Waals surface area (Å²) in [4.78, 5) is 52.4. The van der Waals surface area contributed by atoms with Gasteiger partial charge in [-0.3, -0.25) is 9.59 Å². The van der Waals surface area contributed by atoms with Crippen LogP contribution in [0.25, 0.3) is 0 Å². The third kappa shape index (κ3) is 4.75. The first-order valence-corrected chi connectivity index (χ1v) is 9.76. The summed E-state index contributed by atoms with van der Waals surface area (Å²) in [5.74, 6) is -2.21. The van der Waals surface area contributed by atoms with Crippen molar-refractivity contribution < 1.29 is 28.7 Å². The Labute approximate surface area is 184 Å². The Morgan fingerprint density at radius 2 is 1.56 bits per heavy atom. The van der Waals surface area contributed by atoms with Crippen LogP contribution in [-0.4, -0.2) is 42.3 Å². The van der Waals surface area contributed by atoms with Gasteiger partial charge in [0, 0.05) is 11.3 Å². The molecule has 8 nitrogen and oxygen atoms in total. The number of hydrogen-bond donors (Lipinski definition) is 2. The molecule has 3 aromatic rings. The van der Waals surface area contributed by atoms with Gasteiger partial charge < -0.3 is 19.8 Å². The number of anilines is 1. The molecular formula is C24H22N2O6. The Morgan fingerprint density at radius 1 is 0.906 bits per heavy atom. The van der Waals surface area contributed by atoms with Crippen molar-refractivity contribution in [3.05, 3.63) is 88.2 Å². The number of Topliss-reactive ketones (excluding diaryl/α,β-unsaturated/α-hetero) is 1. The van der Waals surface area contributed by atoms with E-state index in [2.05, 4.69) is 10.3 Å². The number of benzene rings is 2. The van der Waals surface area contributed by atoms with E-state index >= 15 is 0 Å². The first-order valence-electron chi connectivity index (χ1n) is 9.76. The van der Waals surface area contributed by atoms with Crippen molar-refractivity contribution in [3.63, 3.8) is 0 Å². The lowest BCUT2D eigenvalue weighted by Gasteiger charge is -2.11. The molecule has 0 aliphatic heterocycles. The van der Waals surface area contributed by atoms with Crippen LogP contribution in [0.3, 0.4) is 0 Å². The van der Waals surface area contributed by atoms with E-state index in [1.54, 1.807) is 62.4 Å². The molecule has 3 rings (SSSR count). The van der Waals surface area contributed by atoms with E-state index in [0.717, 1.165) is 0 Å². The van der Waals surface area contributed by atoms with E-state index in [1.807, 2.05) is 0 Å². The first-order chi connectivity index (χ1) is 15.3. The largest absolute Gasteiger partial charge is 0.465 e. The third-order valence-electron chi connectivity index (χ3n) is 4.87. The summed E-state index contributed by atoms with van der Waals surface area (Å²) in [6.07, 6.45) is 0. The second-order valence-corrected chi connectivity index (χ2v) is 6.98. The Kier molecular flexibility index (Phi) is 6.84. The van der Waals surface area contributed by atoms with Crippen molar-refractivity contribution in [2.45, 2.75) is 13.8 Å². The number of amides is 1. The van der Waals surface area contributed by atoms with Crippen molar-refractivity contribution in [1.82, 2.24) is 4.98 Å². The molecule has 0 unspecified atom stereocenters. The molecule has 0 radical (unpaired) electrons. The fraction of sp³-hybridized carbons (Fsp3) is 0.167. The molecule has 0 aliphatic carbocycles. The monoisotopic (exact) mass is 434 g/mol. The molecule has 1 aromatic heterocycles. The number of carbonyl (C=O) groups is 4. The zero-order valence-electron chi connectivity index (χ0n) is 17.9. The van der Waals surface area contributed by atoms with Crippen LogP contribution < -0.4 is 5.32 Å². The highest BCUT2D eigenvalue weighted by atomic mass is 16.5. The van der Waals surface area contributed by atoms with Crippen molar-refractivity contribution in [2.75, 3.05) is 19.0 Å². The van der Waals surface area contributed by atoms with Crippen LogP contribution in [0.1, 0.15) is 52.8 Å². The molecule has 0 fully saturated rings. The lowest BCUT2D eigenvalue weighted by molar-refractivity contribution is 0.0474. The molecule has 2 N–H and O–H groups in total. The van der Waals surface area contributed by atoms with Crippen molar-refractivity contribution in [1.29, 1.82) is 0 Å². The third-order valence-corrected chi connectivity index (χ3v) is 4.87. The van der Waals surface area contributed by atoms with Gasteiger partial charge in [0.05, 0.1) is 29.6 Å². The highest BCUT2D eigenvalue weighted by molar-refractivity contribution is 6.08. The molecule has 1 amide bonds. The zero-order valence-corrected chi connectivity index (χ0v) is 17.9. The van der Waals surface area contributed by atoms with Gasteiger partial charge >= 0.3 is 11.9 Å². The van der Waals surface area contributed by atoms with Crippen molar-refractivity contribution in [3.8, 4) is 0 Å². The number of aromatic nitrogens is 1. The smallest absolute Gasteiger partial charge is 0.340 e. The van der Waals surface area contributed by atoms with Gasteiger partial charge in [0.1, 0.15) is 0 Å². The molecule has 0 saturated carbocycles. The van der Waals surface area contributed by atoms with E-state index in [0.29, 0.717) is 16.8 Å². The summed E-state index contributed by atoms with van der Waals surface area (Å²) in [5.41, 5.74) is 2.16. The first kappa shape index (κ1) is 22.5. The Hall–Kier alpha value is -4.20. The van der Waals surface area contributed by atoms with Crippen LogP contribution in [0.15, 0.2) is 54.6 Å². The maximum atomic E-state index is 12.6. The summed E-state index contributed by atoms with van der Waals surface area (Å²) in [5, 5.41) is 2.68. The Morgan fingerprint density at radius 3 is 2.25 bits per heavy atom. The molecule has 8 heteroatoms. The molecule has 164 valence electrons. The average molecular weight is 434 g/mol. The lowest BCUT2D eigenvalue weighted by atomic mass is 10.1. The van der Waals surface area contributed by atoms with Gasteiger partial charge in [-0.2, -0.15) is 0 Å². The molecule has 2 aromatic carbocycles. The number of hydrogen-bond acceptors (Lipinski definition) is 6. The standard InChI is InChI=1S/C24H22N2O6/c1-14-20(24(30)31-3)15(2)25-21(14)19(27)13-32-23(29)17-11-7-8-12-18(17)26-22(28)16-9-5-4-6-10-16/h4-12,25H,13H2,1-3H3,(H,26,28). The van der Waals surface area contributed by atoms with E-state index in [-0.39, 0.29) is 28.4 Å². The number of carbonyl (C=O) groups excluding carboxylic acids is 4. The molecule has 0 spiro atoms. The second-order valence-electron chi connectivity index (χ2n) is 6.98. The molecule has 0 bridgehead atoms. The molecule has 0 saturated heterocycles. The van der Waals surface area contributed by atoms with Crippen LogP contribution in [0.5, 0.6) is 0 Å². The zero-order chi connectivity index (χ0) is 23.3. The second kappa shape index (κ2) is 9.74. The van der Waals surface area contributed by atoms with E-state index in [4.69, 9.17) is 9.47 Å². The summed E-state index contributed by atoms with van der Waals surface area (Å²) in [6, 6.07) is 14.9. The van der Waals surface area contributed by atoms with Gasteiger partial charge in [-0.15, -0.1) is 0 Å². The van der Waals surface area contributed by atoms with Gasteiger partial charge in [0.2, 0.25) is 5.78 Å². The molecule has 0 aliphatic rings. The summed E-state index contributed by atoms with van der Waals surface area (Å²) in [6.45, 7) is 2.72. The summed E-state index contributed by atoms with van der Waals surface area (Å²) < 4.78 is 9.92. The normalized spacial score (nSPS) is 10.3. The van der Waals surface area contributed by atoms with Crippen LogP contribution in [0.4, 0.5) is 5.69 Å². The SMILES string of the molecule is COC(=O)c1c(C)[nH]c(C(=O)COC(=O)c2ccccc2NC(=O)c2ccccc2)c1C. The number of H-pyrrole nitrogens is 1. The predicted octanol–water partition coefficient (Wildman–Crippen LogP) is 3.71. The van der Waals surface area contributed by atoms with Gasteiger partial charge in [-0.1, -0.05) is 30.3 Å². The number of methoxy groups -OCH3 is 1. The quantitative estimate of drug-likeness (QED) is 0.433. The number of ketones is 1. The highest BCUT2D eigenvalue weighted by Crippen LogP contribution is 2.21. The van der Waals surface area contributed by atoms with Gasteiger partial charge in [-0.05, 0) is 43.7 Å². The highest BCUT2D eigenvalue weighted by Gasteiger charge is 2.24. The summed E-state index contributed by atoms with van der Waals surface area (Å²) in [7, 11) is 1.26. The minimum absolute atomic E-state index is 0.110. The average Bonchev–Trinajstić information content (AvgIpc) is 3.11. The van der Waals surface area contributed by atoms with Crippen LogP contribution in [0, 0.1) is 13.8 Å². The minimum atomic E-state index is -0.767. The van der Waals surface area contributed by atoms with Crippen LogP contribution >= 0.6 is 0 Å². The Balaban J connectivity index is 1.72. The Bertz CT molecular complexity index is 1180. The number of para-hydroxylation sites is 1. The number of ether oxygens (including phenoxy) is 2. The maximum absolute atomic E-state index is 12.6. The minimum Gasteiger partial charge on any atom is -0.465 e. The number of nitrogens with one attached hydrogen (secondary N) is 2. The predicted molar refractivity (Wildman–Crippen MR) is 117 cm³/mol. The molecular weight excluding hydrogens is 412 g/mol. The summed E-state index contributed by atoms with van der Waals surface area (Å²) >= 11 is 0. The number of aromatic amines is 1. The number of esters is 2. The fourth-order valence-electron chi connectivity index (χ4n) is 3.27. The molecule has 0 atom stereocenters. The number of rotatable bonds is 7. The topological polar surface area (TPSA) is 115 Å².